The fraction of sp³-hybridized carbons (Fsp3) is 0.0714. The van der Waals surface area contributed by atoms with Crippen LogP contribution >= 0.6 is 23.4 Å². The molecule has 0 bridgehead atoms. The average molecular weight is 539 g/mol. The molecule has 2 heterocycles. The molecule has 0 N–H and O–H groups in total. The van der Waals surface area contributed by atoms with E-state index in [0.29, 0.717) is 33.5 Å². The minimum atomic E-state index is -4.46. The quantitative estimate of drug-likeness (QED) is 0.184. The Balaban J connectivity index is 1.45. The predicted octanol–water partition coefficient (Wildman–Crippen LogP) is 8.20. The Bertz CT molecular complexity index is 1500. The largest absolute Gasteiger partial charge is 0.457 e. The highest BCUT2D eigenvalue weighted by Gasteiger charge is 2.32. The second-order valence-corrected chi connectivity index (χ2v) is 9.57. The first-order valence-electron chi connectivity index (χ1n) is 11.1. The van der Waals surface area contributed by atoms with E-state index in [2.05, 4.69) is 5.10 Å². The van der Waals surface area contributed by atoms with Crippen LogP contribution in [0.2, 0.25) is 5.02 Å². The lowest BCUT2D eigenvalue weighted by Crippen LogP contribution is -2.21. The summed E-state index contributed by atoms with van der Waals surface area (Å²) >= 11 is 7.48. The molecule has 1 amide bonds. The Kier molecular flexibility index (Phi) is 6.95. The number of para-hydroxylation sites is 1. The molecular weight excluding hydrogens is 521 g/mol. The van der Waals surface area contributed by atoms with Gasteiger partial charge < -0.3 is 4.42 Å². The summed E-state index contributed by atoms with van der Waals surface area (Å²) in [4.78, 5) is 14.3. The summed E-state index contributed by atoms with van der Waals surface area (Å²) in [5, 5.41) is 6.53. The van der Waals surface area contributed by atoms with E-state index in [-0.39, 0.29) is 17.2 Å². The van der Waals surface area contributed by atoms with Gasteiger partial charge in [-0.1, -0.05) is 41.9 Å². The molecule has 0 atom stereocenters. The Morgan fingerprint density at radius 1 is 0.946 bits per heavy atom. The maximum Gasteiger partial charge on any atom is 0.416 e. The number of carbonyl (C=O) groups excluding carboxylic acids is 1. The standard InChI is InChI=1S/C28H18ClF3N2O2S/c29-20-9-12-23(13-10-20)37-17-25-24(27(35)34(33-25)21-7-2-1-3-8-21)16-22-11-14-26(36-22)18-5-4-6-19(15-18)28(30,31)32/h1-16H,17H2/b24-16-. The number of anilines is 1. The topological polar surface area (TPSA) is 45.8 Å². The van der Waals surface area contributed by atoms with Crippen molar-refractivity contribution in [2.75, 3.05) is 10.8 Å². The maximum atomic E-state index is 13.4. The van der Waals surface area contributed by atoms with Crippen molar-refractivity contribution in [2.24, 2.45) is 5.10 Å². The van der Waals surface area contributed by atoms with Crippen LogP contribution in [-0.4, -0.2) is 17.4 Å². The highest BCUT2D eigenvalue weighted by Crippen LogP contribution is 2.34. The third kappa shape index (κ3) is 5.65. The molecule has 4 aromatic rings. The molecule has 186 valence electrons. The number of hydrazone groups is 1. The van der Waals surface area contributed by atoms with Crippen molar-refractivity contribution in [3.8, 4) is 11.3 Å². The summed E-state index contributed by atoms with van der Waals surface area (Å²) < 4.78 is 45.2. The Morgan fingerprint density at radius 3 is 2.43 bits per heavy atom. The van der Waals surface area contributed by atoms with Crippen molar-refractivity contribution < 1.29 is 22.4 Å². The number of amides is 1. The summed E-state index contributed by atoms with van der Waals surface area (Å²) in [5.41, 5.74) is 1.03. The summed E-state index contributed by atoms with van der Waals surface area (Å²) in [6.45, 7) is 0. The van der Waals surface area contributed by atoms with E-state index in [1.54, 1.807) is 48.5 Å². The Labute approximate surface area is 220 Å². The number of furan rings is 1. The van der Waals surface area contributed by atoms with Gasteiger partial charge in [-0.25, -0.2) is 0 Å². The molecule has 0 aliphatic carbocycles. The van der Waals surface area contributed by atoms with Gasteiger partial charge in [-0.05, 0) is 66.7 Å². The summed E-state index contributed by atoms with van der Waals surface area (Å²) in [7, 11) is 0. The fourth-order valence-corrected chi connectivity index (χ4v) is 4.68. The molecule has 9 heteroatoms. The molecule has 1 aliphatic rings. The molecule has 4 nitrogen and oxygen atoms in total. The van der Waals surface area contributed by atoms with E-state index in [1.165, 1.54) is 22.8 Å². The molecule has 0 unspecified atom stereocenters. The fourth-order valence-electron chi connectivity index (χ4n) is 3.71. The van der Waals surface area contributed by atoms with Gasteiger partial charge in [-0.3, -0.25) is 4.79 Å². The maximum absolute atomic E-state index is 13.4. The van der Waals surface area contributed by atoms with Gasteiger partial charge >= 0.3 is 6.18 Å². The van der Waals surface area contributed by atoms with Gasteiger partial charge in [0.15, 0.2) is 0 Å². The first-order chi connectivity index (χ1) is 17.8. The van der Waals surface area contributed by atoms with E-state index >= 15 is 0 Å². The zero-order chi connectivity index (χ0) is 26.0. The van der Waals surface area contributed by atoms with Crippen molar-refractivity contribution in [1.29, 1.82) is 0 Å². The molecule has 3 aromatic carbocycles. The monoisotopic (exact) mass is 538 g/mol. The SMILES string of the molecule is O=C1/C(=C\c2ccc(-c3cccc(C(F)(F)F)c3)o2)C(CSc2ccc(Cl)cc2)=NN1c1ccccc1. The molecule has 0 saturated carbocycles. The number of carbonyl (C=O) groups is 1. The number of alkyl halides is 3. The summed E-state index contributed by atoms with van der Waals surface area (Å²) in [6.07, 6.45) is -2.89. The molecule has 0 saturated heterocycles. The van der Waals surface area contributed by atoms with Gasteiger partial charge in [0.1, 0.15) is 11.5 Å². The Morgan fingerprint density at radius 2 is 1.70 bits per heavy atom. The molecule has 1 aromatic heterocycles. The van der Waals surface area contributed by atoms with Gasteiger partial charge in [0.05, 0.1) is 22.5 Å². The molecular formula is C28H18ClF3N2O2S. The molecule has 0 radical (unpaired) electrons. The van der Waals surface area contributed by atoms with Crippen LogP contribution in [0.5, 0.6) is 0 Å². The van der Waals surface area contributed by atoms with Gasteiger partial charge in [0.25, 0.3) is 5.91 Å². The van der Waals surface area contributed by atoms with E-state index in [1.807, 2.05) is 30.3 Å². The first-order valence-corrected chi connectivity index (χ1v) is 12.5. The number of thioether (sulfide) groups is 1. The average Bonchev–Trinajstić information content (AvgIpc) is 3.49. The van der Waals surface area contributed by atoms with Crippen LogP contribution in [0.15, 0.2) is 111 Å². The number of benzene rings is 3. The third-order valence-corrected chi connectivity index (χ3v) is 6.81. The van der Waals surface area contributed by atoms with Crippen molar-refractivity contribution in [3.05, 3.63) is 113 Å². The minimum absolute atomic E-state index is 0.261. The molecule has 1 aliphatic heterocycles. The van der Waals surface area contributed by atoms with Crippen molar-refractivity contribution in [3.63, 3.8) is 0 Å². The van der Waals surface area contributed by atoms with Crippen LogP contribution < -0.4 is 5.01 Å². The zero-order valence-corrected chi connectivity index (χ0v) is 20.6. The van der Waals surface area contributed by atoms with E-state index in [0.717, 1.165) is 17.0 Å². The van der Waals surface area contributed by atoms with Crippen LogP contribution in [0.3, 0.4) is 0 Å². The number of hydrogen-bond acceptors (Lipinski definition) is 4. The lowest BCUT2D eigenvalue weighted by molar-refractivity contribution is -0.137. The van der Waals surface area contributed by atoms with E-state index in [4.69, 9.17) is 16.0 Å². The van der Waals surface area contributed by atoms with Crippen LogP contribution in [-0.2, 0) is 11.0 Å². The first kappa shape index (κ1) is 24.9. The molecule has 0 spiro atoms. The van der Waals surface area contributed by atoms with E-state index in [9.17, 15) is 18.0 Å². The van der Waals surface area contributed by atoms with Crippen molar-refractivity contribution >= 4 is 46.7 Å². The number of hydrogen-bond donors (Lipinski definition) is 0. The predicted molar refractivity (Wildman–Crippen MR) is 141 cm³/mol. The molecule has 5 rings (SSSR count). The van der Waals surface area contributed by atoms with E-state index < -0.39 is 11.7 Å². The normalized spacial score (nSPS) is 14.9. The van der Waals surface area contributed by atoms with Gasteiger partial charge in [-0.15, -0.1) is 11.8 Å². The highest BCUT2D eigenvalue weighted by atomic mass is 35.5. The summed E-state index contributed by atoms with van der Waals surface area (Å²) in [5.74, 6) is 0.672. The molecule has 0 fully saturated rings. The summed E-state index contributed by atoms with van der Waals surface area (Å²) in [6, 6.07) is 24.5. The van der Waals surface area contributed by atoms with Crippen LogP contribution in [0.25, 0.3) is 17.4 Å². The van der Waals surface area contributed by atoms with Crippen LogP contribution in [0.4, 0.5) is 18.9 Å². The minimum Gasteiger partial charge on any atom is -0.457 e. The Hall–Kier alpha value is -3.75. The third-order valence-electron chi connectivity index (χ3n) is 5.53. The number of halogens is 4. The zero-order valence-electron chi connectivity index (χ0n) is 19.1. The number of rotatable bonds is 6. The molecule has 37 heavy (non-hydrogen) atoms. The van der Waals surface area contributed by atoms with Crippen LogP contribution in [0.1, 0.15) is 11.3 Å². The smallest absolute Gasteiger partial charge is 0.416 e. The number of nitrogens with zero attached hydrogens (tertiary/aromatic N) is 2. The second-order valence-electron chi connectivity index (χ2n) is 8.08. The lowest BCUT2D eigenvalue weighted by atomic mass is 10.1. The van der Waals surface area contributed by atoms with Crippen molar-refractivity contribution in [2.45, 2.75) is 11.1 Å². The van der Waals surface area contributed by atoms with Gasteiger partial charge in [-0.2, -0.15) is 23.3 Å². The van der Waals surface area contributed by atoms with Crippen LogP contribution in [0, 0.1) is 0 Å². The highest BCUT2D eigenvalue weighted by molar-refractivity contribution is 8.00. The lowest BCUT2D eigenvalue weighted by Gasteiger charge is -2.10. The van der Waals surface area contributed by atoms with Gasteiger partial charge in [0.2, 0.25) is 0 Å². The second kappa shape index (κ2) is 10.3. The van der Waals surface area contributed by atoms with Gasteiger partial charge in [0, 0.05) is 21.2 Å². The van der Waals surface area contributed by atoms with Crippen molar-refractivity contribution in [1.82, 2.24) is 0 Å².